The normalized spacial score (nSPS) is 12.2. The van der Waals surface area contributed by atoms with Crippen molar-refractivity contribution >= 4 is 39.1 Å². The molecule has 0 aliphatic carbocycles. The zero-order valence-corrected chi connectivity index (χ0v) is 14.2. The molecule has 2 rings (SSSR count). The van der Waals surface area contributed by atoms with Crippen molar-refractivity contribution in [3.8, 4) is 5.75 Å². The van der Waals surface area contributed by atoms with Gasteiger partial charge in [-0.15, -0.1) is 0 Å². The van der Waals surface area contributed by atoms with Crippen LogP contribution < -0.4 is 10.1 Å². The van der Waals surface area contributed by atoms with Gasteiger partial charge in [0.15, 0.2) is 0 Å². The Morgan fingerprint density at radius 2 is 1.75 bits per heavy atom. The summed E-state index contributed by atoms with van der Waals surface area (Å²) in [6.07, 6.45) is 0. The zero-order valence-electron chi connectivity index (χ0n) is 11.1. The number of methoxy groups -OCH3 is 1. The van der Waals surface area contributed by atoms with E-state index in [2.05, 4.69) is 21.2 Å². The summed E-state index contributed by atoms with van der Waals surface area (Å²) < 4.78 is 6.21. The maximum absolute atomic E-state index is 6.35. The Morgan fingerprint density at radius 1 is 1.10 bits per heavy atom. The molecule has 0 saturated heterocycles. The van der Waals surface area contributed by atoms with E-state index in [-0.39, 0.29) is 6.04 Å². The van der Waals surface area contributed by atoms with Gasteiger partial charge in [-0.2, -0.15) is 0 Å². The second-order valence-electron chi connectivity index (χ2n) is 4.28. The molecular weight excluding hydrogens is 361 g/mol. The standard InChI is InChI=1S/C15H14BrCl2NO/c1-19-15(9-3-5-10(16)6-4-9)11-7-13(18)14(20-2)8-12(11)17/h3-8,15,19H,1-2H3. The molecule has 0 aliphatic rings. The van der Waals surface area contributed by atoms with Gasteiger partial charge in [-0.25, -0.2) is 0 Å². The van der Waals surface area contributed by atoms with Gasteiger partial charge in [0.1, 0.15) is 5.75 Å². The molecule has 106 valence electrons. The molecule has 1 N–H and O–H groups in total. The van der Waals surface area contributed by atoms with E-state index in [4.69, 9.17) is 27.9 Å². The van der Waals surface area contributed by atoms with Crippen LogP contribution in [0.3, 0.4) is 0 Å². The van der Waals surface area contributed by atoms with Crippen LogP contribution in [0, 0.1) is 0 Å². The van der Waals surface area contributed by atoms with Gasteiger partial charge in [-0.3, -0.25) is 0 Å². The quantitative estimate of drug-likeness (QED) is 0.806. The van der Waals surface area contributed by atoms with Gasteiger partial charge >= 0.3 is 0 Å². The van der Waals surface area contributed by atoms with E-state index in [0.29, 0.717) is 15.8 Å². The molecule has 2 aromatic carbocycles. The fourth-order valence-corrected chi connectivity index (χ4v) is 2.85. The fourth-order valence-electron chi connectivity index (χ4n) is 2.08. The van der Waals surface area contributed by atoms with Gasteiger partial charge in [0, 0.05) is 15.6 Å². The number of rotatable bonds is 4. The van der Waals surface area contributed by atoms with E-state index in [9.17, 15) is 0 Å². The Bertz CT molecular complexity index is 602. The third-order valence-corrected chi connectivity index (χ3v) is 4.23. The maximum atomic E-state index is 6.35. The van der Waals surface area contributed by atoms with Crippen molar-refractivity contribution in [2.24, 2.45) is 0 Å². The summed E-state index contributed by atoms with van der Waals surface area (Å²) >= 11 is 16.0. The first-order chi connectivity index (χ1) is 9.56. The molecule has 0 saturated carbocycles. The van der Waals surface area contributed by atoms with Crippen molar-refractivity contribution in [1.82, 2.24) is 5.32 Å². The highest BCUT2D eigenvalue weighted by atomic mass is 79.9. The van der Waals surface area contributed by atoms with Crippen molar-refractivity contribution in [3.63, 3.8) is 0 Å². The molecule has 20 heavy (non-hydrogen) atoms. The second-order valence-corrected chi connectivity index (χ2v) is 6.01. The Balaban J connectivity index is 2.46. The highest BCUT2D eigenvalue weighted by Crippen LogP contribution is 2.36. The van der Waals surface area contributed by atoms with Crippen LogP contribution in [0.4, 0.5) is 0 Å². The first kappa shape index (κ1) is 15.6. The van der Waals surface area contributed by atoms with Crippen molar-refractivity contribution in [3.05, 3.63) is 62.0 Å². The van der Waals surface area contributed by atoms with E-state index < -0.39 is 0 Å². The van der Waals surface area contributed by atoms with E-state index >= 15 is 0 Å². The van der Waals surface area contributed by atoms with Crippen molar-refractivity contribution in [1.29, 1.82) is 0 Å². The Kier molecular flexibility index (Phi) is 5.33. The van der Waals surface area contributed by atoms with Crippen LogP contribution in [0.1, 0.15) is 17.2 Å². The highest BCUT2D eigenvalue weighted by molar-refractivity contribution is 9.10. The number of nitrogens with one attached hydrogen (secondary N) is 1. The number of halogens is 3. The van der Waals surface area contributed by atoms with Crippen molar-refractivity contribution in [2.45, 2.75) is 6.04 Å². The van der Waals surface area contributed by atoms with Crippen molar-refractivity contribution < 1.29 is 4.74 Å². The molecule has 0 amide bonds. The summed E-state index contributed by atoms with van der Waals surface area (Å²) in [6, 6.07) is 11.6. The Labute approximate surface area is 137 Å². The number of hydrogen-bond acceptors (Lipinski definition) is 2. The van der Waals surface area contributed by atoms with E-state index in [1.807, 2.05) is 37.4 Å². The molecule has 0 spiro atoms. The summed E-state index contributed by atoms with van der Waals surface area (Å²) in [5, 5.41) is 4.43. The summed E-state index contributed by atoms with van der Waals surface area (Å²) in [7, 11) is 3.46. The molecule has 0 radical (unpaired) electrons. The minimum Gasteiger partial charge on any atom is -0.495 e. The van der Waals surface area contributed by atoms with Crippen LogP contribution in [-0.4, -0.2) is 14.2 Å². The Hall–Kier alpha value is -0.740. The molecule has 0 fully saturated rings. The maximum Gasteiger partial charge on any atom is 0.138 e. The smallest absolute Gasteiger partial charge is 0.138 e. The minimum atomic E-state index is -0.0287. The third-order valence-electron chi connectivity index (χ3n) is 3.07. The molecule has 1 unspecified atom stereocenters. The summed E-state index contributed by atoms with van der Waals surface area (Å²) in [6.45, 7) is 0. The lowest BCUT2D eigenvalue weighted by atomic mass is 9.98. The lowest BCUT2D eigenvalue weighted by Crippen LogP contribution is -2.18. The van der Waals surface area contributed by atoms with Gasteiger partial charge in [0.05, 0.1) is 18.2 Å². The lowest BCUT2D eigenvalue weighted by molar-refractivity contribution is 0.415. The predicted molar refractivity (Wildman–Crippen MR) is 88.1 cm³/mol. The summed E-state index contributed by atoms with van der Waals surface area (Å²) in [5.41, 5.74) is 2.03. The molecule has 2 aromatic rings. The Morgan fingerprint density at radius 3 is 2.30 bits per heavy atom. The topological polar surface area (TPSA) is 21.3 Å². The summed E-state index contributed by atoms with van der Waals surface area (Å²) in [4.78, 5) is 0. The molecule has 0 heterocycles. The van der Waals surface area contributed by atoms with Gasteiger partial charge < -0.3 is 10.1 Å². The van der Waals surface area contributed by atoms with Crippen LogP contribution in [0.5, 0.6) is 5.75 Å². The molecule has 1 atom stereocenters. The molecule has 5 heteroatoms. The lowest BCUT2D eigenvalue weighted by Gasteiger charge is -2.20. The van der Waals surface area contributed by atoms with Gasteiger partial charge in [-0.1, -0.05) is 51.3 Å². The molecule has 0 bridgehead atoms. The van der Waals surface area contributed by atoms with Crippen molar-refractivity contribution in [2.75, 3.05) is 14.2 Å². The predicted octanol–water partition coefficient (Wildman–Crippen LogP) is 5.07. The average molecular weight is 375 g/mol. The van der Waals surface area contributed by atoms with Crippen LogP contribution in [0.2, 0.25) is 10.0 Å². The first-order valence-electron chi connectivity index (χ1n) is 6.02. The molecule has 0 aliphatic heterocycles. The van der Waals surface area contributed by atoms with Crippen LogP contribution in [0.25, 0.3) is 0 Å². The monoisotopic (exact) mass is 373 g/mol. The second kappa shape index (κ2) is 6.81. The minimum absolute atomic E-state index is 0.0287. The fraction of sp³-hybridized carbons (Fsp3) is 0.200. The van der Waals surface area contributed by atoms with E-state index in [1.165, 1.54) is 0 Å². The van der Waals surface area contributed by atoms with Crippen LogP contribution >= 0.6 is 39.1 Å². The highest BCUT2D eigenvalue weighted by Gasteiger charge is 2.17. The number of hydrogen-bond donors (Lipinski definition) is 1. The summed E-state index contributed by atoms with van der Waals surface area (Å²) in [5.74, 6) is 0.575. The van der Waals surface area contributed by atoms with E-state index in [1.54, 1.807) is 13.2 Å². The zero-order chi connectivity index (χ0) is 14.7. The average Bonchev–Trinajstić information content (AvgIpc) is 2.45. The van der Waals surface area contributed by atoms with Gasteiger partial charge in [-0.05, 0) is 36.4 Å². The van der Waals surface area contributed by atoms with E-state index in [0.717, 1.165) is 15.6 Å². The van der Waals surface area contributed by atoms with Crippen LogP contribution in [0.15, 0.2) is 40.9 Å². The number of benzene rings is 2. The first-order valence-corrected chi connectivity index (χ1v) is 7.57. The van der Waals surface area contributed by atoms with Crippen LogP contribution in [-0.2, 0) is 0 Å². The molecule has 0 aromatic heterocycles. The molecule has 2 nitrogen and oxygen atoms in total. The SMILES string of the molecule is CNC(c1ccc(Br)cc1)c1cc(Cl)c(OC)cc1Cl. The number of ether oxygens (including phenoxy) is 1. The molecular formula is C15H14BrCl2NO. The third kappa shape index (κ3) is 3.29. The van der Waals surface area contributed by atoms with Gasteiger partial charge in [0.25, 0.3) is 0 Å². The van der Waals surface area contributed by atoms with Gasteiger partial charge in [0.2, 0.25) is 0 Å². The largest absolute Gasteiger partial charge is 0.495 e.